The van der Waals surface area contributed by atoms with Crippen molar-refractivity contribution in [1.82, 2.24) is 0 Å². The Balaban J connectivity index is 1.99. The second-order valence-corrected chi connectivity index (χ2v) is 5.87. The minimum Gasteiger partial charge on any atom is -0.326 e. The third-order valence-electron chi connectivity index (χ3n) is 3.14. The van der Waals surface area contributed by atoms with Crippen LogP contribution in [0.15, 0.2) is 46.9 Å². The van der Waals surface area contributed by atoms with Crippen LogP contribution in [0.2, 0.25) is 0 Å². The second-order valence-electron chi connectivity index (χ2n) is 5.02. The minimum atomic E-state index is -0.548. The van der Waals surface area contributed by atoms with Crippen molar-refractivity contribution >= 4 is 39.1 Å². The van der Waals surface area contributed by atoms with Crippen molar-refractivity contribution in [2.45, 2.75) is 19.8 Å². The van der Waals surface area contributed by atoms with Crippen LogP contribution >= 0.6 is 15.9 Å². The van der Waals surface area contributed by atoms with Gasteiger partial charge in [0.25, 0.3) is 0 Å². The smallest absolute Gasteiger partial charge is 0.224 e. The highest BCUT2D eigenvalue weighted by molar-refractivity contribution is 9.10. The summed E-state index contributed by atoms with van der Waals surface area (Å²) in [6.07, 6.45) is 0.771. The van der Waals surface area contributed by atoms with Crippen LogP contribution in [0.1, 0.15) is 18.9 Å². The number of hydrogen-bond donors (Lipinski definition) is 2. The maximum absolute atomic E-state index is 13.8. The zero-order valence-electron chi connectivity index (χ0n) is 12.5. The molecule has 0 heterocycles. The molecule has 2 rings (SSSR count). The third-order valence-corrected chi connectivity index (χ3v) is 3.91. The van der Waals surface area contributed by atoms with E-state index in [2.05, 4.69) is 26.6 Å². The summed E-state index contributed by atoms with van der Waals surface area (Å²) in [7, 11) is 0. The van der Waals surface area contributed by atoms with Gasteiger partial charge < -0.3 is 10.6 Å². The fraction of sp³-hybridized carbons (Fsp3) is 0.176. The lowest BCUT2D eigenvalue weighted by molar-refractivity contribution is -0.116. The Morgan fingerprint density at radius 3 is 2.57 bits per heavy atom. The summed E-state index contributed by atoms with van der Waals surface area (Å²) in [6, 6.07) is 11.7. The Morgan fingerprint density at radius 1 is 1.13 bits per heavy atom. The average molecular weight is 379 g/mol. The first kappa shape index (κ1) is 17.1. The van der Waals surface area contributed by atoms with Gasteiger partial charge in [-0.05, 0) is 36.2 Å². The molecule has 6 heteroatoms. The van der Waals surface area contributed by atoms with Crippen LogP contribution < -0.4 is 10.6 Å². The van der Waals surface area contributed by atoms with E-state index in [1.165, 1.54) is 25.1 Å². The highest BCUT2D eigenvalue weighted by Crippen LogP contribution is 2.21. The summed E-state index contributed by atoms with van der Waals surface area (Å²) in [6.45, 7) is 1.36. The molecule has 2 amide bonds. The average Bonchev–Trinajstić information content (AvgIpc) is 2.49. The number of amides is 2. The van der Waals surface area contributed by atoms with Crippen LogP contribution in [0.4, 0.5) is 15.8 Å². The molecule has 0 spiro atoms. The van der Waals surface area contributed by atoms with E-state index in [9.17, 15) is 14.0 Å². The summed E-state index contributed by atoms with van der Waals surface area (Å²) in [5, 5.41) is 5.08. The number of anilines is 2. The topological polar surface area (TPSA) is 58.2 Å². The number of nitrogens with one attached hydrogen (secondary N) is 2. The van der Waals surface area contributed by atoms with Gasteiger partial charge in [0, 0.05) is 23.5 Å². The fourth-order valence-corrected chi connectivity index (χ4v) is 2.55. The van der Waals surface area contributed by atoms with Crippen LogP contribution in [-0.4, -0.2) is 11.8 Å². The van der Waals surface area contributed by atoms with Crippen LogP contribution in [0.5, 0.6) is 0 Å². The Kier molecular flexibility index (Phi) is 5.87. The third kappa shape index (κ3) is 5.17. The van der Waals surface area contributed by atoms with Gasteiger partial charge >= 0.3 is 0 Å². The second kappa shape index (κ2) is 7.87. The molecule has 0 aliphatic carbocycles. The molecule has 0 aromatic heterocycles. The SMILES string of the molecule is CC(=O)Nc1ccc(F)c(NC(=O)CCc2ccccc2Br)c1. The van der Waals surface area contributed by atoms with E-state index < -0.39 is 5.82 Å². The molecule has 0 saturated carbocycles. The maximum atomic E-state index is 13.8. The van der Waals surface area contributed by atoms with Crippen molar-refractivity contribution in [2.75, 3.05) is 10.6 Å². The van der Waals surface area contributed by atoms with Crippen molar-refractivity contribution in [3.63, 3.8) is 0 Å². The minimum absolute atomic E-state index is 0.0494. The molecule has 23 heavy (non-hydrogen) atoms. The standard InChI is InChI=1S/C17H16BrFN2O2/c1-11(22)20-13-7-8-15(19)16(10-13)21-17(23)9-6-12-4-2-3-5-14(12)18/h2-5,7-8,10H,6,9H2,1H3,(H,20,22)(H,21,23). The van der Waals surface area contributed by atoms with Crippen LogP contribution in [0.25, 0.3) is 0 Å². The van der Waals surface area contributed by atoms with E-state index >= 15 is 0 Å². The van der Waals surface area contributed by atoms with Crippen LogP contribution in [-0.2, 0) is 16.0 Å². The van der Waals surface area contributed by atoms with E-state index in [-0.39, 0.29) is 23.9 Å². The Bertz CT molecular complexity index is 734. The molecule has 2 aromatic carbocycles. The van der Waals surface area contributed by atoms with Gasteiger partial charge in [-0.25, -0.2) is 4.39 Å². The summed E-state index contributed by atoms with van der Waals surface area (Å²) < 4.78 is 14.7. The molecular weight excluding hydrogens is 363 g/mol. The number of halogens is 2. The van der Waals surface area contributed by atoms with Crippen molar-refractivity contribution in [2.24, 2.45) is 0 Å². The molecule has 0 fully saturated rings. The first-order valence-electron chi connectivity index (χ1n) is 7.06. The van der Waals surface area contributed by atoms with E-state index in [0.29, 0.717) is 12.1 Å². The lowest BCUT2D eigenvalue weighted by Gasteiger charge is -2.09. The molecule has 2 N–H and O–H groups in total. The van der Waals surface area contributed by atoms with Gasteiger partial charge in [0.1, 0.15) is 5.82 Å². The van der Waals surface area contributed by atoms with Gasteiger partial charge in [0.2, 0.25) is 11.8 Å². The van der Waals surface area contributed by atoms with Gasteiger partial charge in [0.05, 0.1) is 5.69 Å². The number of carbonyl (C=O) groups excluding carboxylic acids is 2. The molecule has 0 bridgehead atoms. The quantitative estimate of drug-likeness (QED) is 0.821. The molecule has 0 atom stereocenters. The van der Waals surface area contributed by atoms with Gasteiger partial charge in [0.15, 0.2) is 0 Å². The largest absolute Gasteiger partial charge is 0.326 e. The molecular formula is C17H16BrFN2O2. The highest BCUT2D eigenvalue weighted by atomic mass is 79.9. The van der Waals surface area contributed by atoms with E-state index in [4.69, 9.17) is 0 Å². The number of hydrogen-bond acceptors (Lipinski definition) is 2. The number of rotatable bonds is 5. The van der Waals surface area contributed by atoms with Gasteiger partial charge in [-0.15, -0.1) is 0 Å². The molecule has 4 nitrogen and oxygen atoms in total. The lowest BCUT2D eigenvalue weighted by atomic mass is 10.1. The van der Waals surface area contributed by atoms with E-state index in [0.717, 1.165) is 10.0 Å². The zero-order valence-corrected chi connectivity index (χ0v) is 14.1. The van der Waals surface area contributed by atoms with E-state index in [1.807, 2.05) is 24.3 Å². The molecule has 0 saturated heterocycles. The number of benzene rings is 2. The fourth-order valence-electron chi connectivity index (χ4n) is 2.06. The predicted octanol–water partition coefficient (Wildman–Crippen LogP) is 4.12. The monoisotopic (exact) mass is 378 g/mol. The lowest BCUT2D eigenvalue weighted by Crippen LogP contribution is -2.14. The maximum Gasteiger partial charge on any atom is 0.224 e. The first-order chi connectivity index (χ1) is 11.0. The van der Waals surface area contributed by atoms with Crippen molar-refractivity contribution < 1.29 is 14.0 Å². The molecule has 0 aliphatic heterocycles. The summed E-state index contributed by atoms with van der Waals surface area (Å²) in [5.74, 6) is -1.10. The Hall–Kier alpha value is -2.21. The highest BCUT2D eigenvalue weighted by Gasteiger charge is 2.10. The zero-order chi connectivity index (χ0) is 16.8. The van der Waals surface area contributed by atoms with Crippen molar-refractivity contribution in [1.29, 1.82) is 0 Å². The molecule has 120 valence electrons. The van der Waals surface area contributed by atoms with Crippen LogP contribution in [0.3, 0.4) is 0 Å². The molecule has 0 radical (unpaired) electrons. The van der Waals surface area contributed by atoms with E-state index in [1.54, 1.807) is 0 Å². The molecule has 0 unspecified atom stereocenters. The Labute approximate surface area is 142 Å². The van der Waals surface area contributed by atoms with Gasteiger partial charge in [-0.2, -0.15) is 0 Å². The summed E-state index contributed by atoms with van der Waals surface area (Å²) in [4.78, 5) is 23.0. The molecule has 0 aliphatic rings. The number of carbonyl (C=O) groups is 2. The van der Waals surface area contributed by atoms with Crippen LogP contribution in [0, 0.1) is 5.82 Å². The number of aryl methyl sites for hydroxylation is 1. The van der Waals surface area contributed by atoms with Gasteiger partial charge in [-0.3, -0.25) is 9.59 Å². The molecule has 2 aromatic rings. The predicted molar refractivity (Wildman–Crippen MR) is 91.8 cm³/mol. The van der Waals surface area contributed by atoms with Crippen molar-refractivity contribution in [3.8, 4) is 0 Å². The van der Waals surface area contributed by atoms with Crippen molar-refractivity contribution in [3.05, 3.63) is 58.3 Å². The Morgan fingerprint density at radius 2 is 1.87 bits per heavy atom. The summed E-state index contributed by atoms with van der Waals surface area (Å²) >= 11 is 3.43. The normalized spacial score (nSPS) is 10.2. The van der Waals surface area contributed by atoms with Gasteiger partial charge in [-0.1, -0.05) is 34.1 Å². The first-order valence-corrected chi connectivity index (χ1v) is 7.85. The summed E-state index contributed by atoms with van der Waals surface area (Å²) in [5.41, 5.74) is 1.49.